The van der Waals surface area contributed by atoms with Crippen molar-refractivity contribution >= 4 is 11.3 Å². The molecule has 2 nitrogen and oxygen atoms in total. The van der Waals surface area contributed by atoms with Gasteiger partial charge in [-0.15, -0.1) is 11.3 Å². The number of nitrogens with one attached hydrogen (secondary N) is 1. The Bertz CT molecular complexity index is 459. The highest BCUT2D eigenvalue weighted by molar-refractivity contribution is 7.09. The summed E-state index contributed by atoms with van der Waals surface area (Å²) in [5, 5.41) is 5.47. The van der Waals surface area contributed by atoms with Crippen molar-refractivity contribution in [2.75, 3.05) is 13.2 Å². The number of aryl methyl sites for hydroxylation is 2. The quantitative estimate of drug-likeness (QED) is 0.803. The van der Waals surface area contributed by atoms with Crippen molar-refractivity contribution < 1.29 is 4.74 Å². The van der Waals surface area contributed by atoms with Crippen LogP contribution in [0.2, 0.25) is 0 Å². The van der Waals surface area contributed by atoms with Crippen LogP contribution in [0.4, 0.5) is 0 Å². The van der Waals surface area contributed by atoms with Crippen LogP contribution in [-0.4, -0.2) is 13.2 Å². The molecule has 2 aromatic rings. The lowest BCUT2D eigenvalue weighted by atomic mass is 10.1. The molecule has 0 aliphatic heterocycles. The number of hydrogen-bond donors (Lipinski definition) is 1. The summed E-state index contributed by atoms with van der Waals surface area (Å²) < 4.78 is 5.73. The van der Waals surface area contributed by atoms with Crippen LogP contribution in [0.15, 0.2) is 35.7 Å². The Labute approximate surface area is 113 Å². The minimum Gasteiger partial charge on any atom is -0.492 e. The maximum atomic E-state index is 5.73. The minimum atomic E-state index is 0.703. The van der Waals surface area contributed by atoms with Gasteiger partial charge in [0.2, 0.25) is 0 Å². The summed E-state index contributed by atoms with van der Waals surface area (Å²) in [4.78, 5) is 1.36. The normalized spacial score (nSPS) is 10.6. The van der Waals surface area contributed by atoms with Gasteiger partial charge in [0.1, 0.15) is 12.4 Å². The summed E-state index contributed by atoms with van der Waals surface area (Å²) in [5.41, 5.74) is 2.49. The van der Waals surface area contributed by atoms with E-state index >= 15 is 0 Å². The third kappa shape index (κ3) is 4.17. The van der Waals surface area contributed by atoms with E-state index in [1.807, 2.05) is 0 Å². The van der Waals surface area contributed by atoms with Gasteiger partial charge in [-0.1, -0.05) is 12.1 Å². The van der Waals surface area contributed by atoms with Crippen LogP contribution in [0, 0.1) is 13.8 Å². The van der Waals surface area contributed by atoms with Crippen molar-refractivity contribution in [3.63, 3.8) is 0 Å². The molecular weight excluding hydrogens is 242 g/mol. The summed E-state index contributed by atoms with van der Waals surface area (Å²) >= 11 is 1.78. The van der Waals surface area contributed by atoms with Gasteiger partial charge in [-0.25, -0.2) is 0 Å². The van der Waals surface area contributed by atoms with Gasteiger partial charge in [-0.2, -0.15) is 0 Å². The number of hydrogen-bond acceptors (Lipinski definition) is 3. The molecule has 1 N–H and O–H groups in total. The Morgan fingerprint density at radius 2 is 1.94 bits per heavy atom. The summed E-state index contributed by atoms with van der Waals surface area (Å²) in [6, 6.07) is 10.5. The molecule has 1 aromatic carbocycles. The van der Waals surface area contributed by atoms with Gasteiger partial charge in [0, 0.05) is 18.0 Å². The minimum absolute atomic E-state index is 0.703. The molecule has 18 heavy (non-hydrogen) atoms. The number of thiophene rings is 1. The second-order valence-corrected chi connectivity index (χ2v) is 5.46. The van der Waals surface area contributed by atoms with E-state index in [-0.39, 0.29) is 0 Å². The fourth-order valence-corrected chi connectivity index (χ4v) is 2.56. The lowest BCUT2D eigenvalue weighted by Gasteiger charge is -2.08. The van der Waals surface area contributed by atoms with Gasteiger partial charge < -0.3 is 10.1 Å². The van der Waals surface area contributed by atoms with E-state index in [9.17, 15) is 0 Å². The molecule has 0 atom stereocenters. The molecule has 1 aromatic heterocycles. The predicted octanol–water partition coefficient (Wildman–Crippen LogP) is 3.53. The zero-order chi connectivity index (χ0) is 12.8. The molecule has 2 rings (SSSR count). The molecule has 0 fully saturated rings. The van der Waals surface area contributed by atoms with E-state index < -0.39 is 0 Å². The number of ether oxygens (including phenoxy) is 1. The van der Waals surface area contributed by atoms with E-state index in [0.717, 1.165) is 18.8 Å². The Morgan fingerprint density at radius 1 is 1.17 bits per heavy atom. The standard InChI is InChI=1S/C15H19NOS/c1-12-8-13(2)10-14(9-12)17-6-5-16-11-15-4-3-7-18-15/h3-4,7-10,16H,5-6,11H2,1-2H3. The van der Waals surface area contributed by atoms with Gasteiger partial charge in [-0.05, 0) is 48.6 Å². The summed E-state index contributed by atoms with van der Waals surface area (Å²) in [5.74, 6) is 0.963. The van der Waals surface area contributed by atoms with Crippen LogP contribution in [0.5, 0.6) is 5.75 Å². The van der Waals surface area contributed by atoms with Crippen molar-refractivity contribution in [2.45, 2.75) is 20.4 Å². The molecule has 0 aliphatic rings. The third-order valence-corrected chi connectivity index (χ3v) is 3.50. The van der Waals surface area contributed by atoms with Gasteiger partial charge in [0.15, 0.2) is 0 Å². The molecule has 1 heterocycles. The molecule has 0 spiro atoms. The van der Waals surface area contributed by atoms with Gasteiger partial charge >= 0.3 is 0 Å². The molecule has 0 saturated heterocycles. The van der Waals surface area contributed by atoms with Crippen LogP contribution < -0.4 is 10.1 Å². The zero-order valence-corrected chi connectivity index (χ0v) is 11.7. The van der Waals surface area contributed by atoms with E-state index in [1.54, 1.807) is 11.3 Å². The second-order valence-electron chi connectivity index (χ2n) is 4.43. The lowest BCUT2D eigenvalue weighted by molar-refractivity contribution is 0.313. The summed E-state index contributed by atoms with van der Waals surface area (Å²) in [7, 11) is 0. The van der Waals surface area contributed by atoms with Gasteiger partial charge in [0.05, 0.1) is 0 Å². The van der Waals surface area contributed by atoms with Crippen LogP contribution >= 0.6 is 11.3 Å². The first kappa shape index (κ1) is 13.1. The molecule has 0 unspecified atom stereocenters. The summed E-state index contributed by atoms with van der Waals surface area (Å²) in [6.45, 7) is 6.68. The SMILES string of the molecule is Cc1cc(C)cc(OCCNCc2cccs2)c1. The molecule has 0 saturated carbocycles. The molecule has 96 valence electrons. The molecule has 0 radical (unpaired) electrons. The van der Waals surface area contributed by atoms with Crippen LogP contribution in [0.3, 0.4) is 0 Å². The van der Waals surface area contributed by atoms with Crippen molar-refractivity contribution in [3.05, 3.63) is 51.7 Å². The monoisotopic (exact) mass is 261 g/mol. The fourth-order valence-electron chi connectivity index (χ4n) is 1.88. The first-order valence-electron chi connectivity index (χ1n) is 6.18. The first-order chi connectivity index (χ1) is 8.74. The first-order valence-corrected chi connectivity index (χ1v) is 7.06. The summed E-state index contributed by atoms with van der Waals surface area (Å²) in [6.07, 6.45) is 0. The van der Waals surface area contributed by atoms with E-state index in [2.05, 4.69) is 54.9 Å². The van der Waals surface area contributed by atoms with E-state index in [4.69, 9.17) is 4.74 Å². The van der Waals surface area contributed by atoms with Gasteiger partial charge in [0.25, 0.3) is 0 Å². The lowest BCUT2D eigenvalue weighted by Crippen LogP contribution is -2.20. The smallest absolute Gasteiger partial charge is 0.119 e. The Balaban J connectivity index is 1.68. The van der Waals surface area contributed by atoms with Crippen molar-refractivity contribution in [3.8, 4) is 5.75 Å². The van der Waals surface area contributed by atoms with Crippen LogP contribution in [0.25, 0.3) is 0 Å². The average molecular weight is 261 g/mol. The zero-order valence-electron chi connectivity index (χ0n) is 10.9. The average Bonchev–Trinajstić information content (AvgIpc) is 2.80. The highest BCUT2D eigenvalue weighted by atomic mass is 32.1. The maximum Gasteiger partial charge on any atom is 0.119 e. The molecule has 0 amide bonds. The topological polar surface area (TPSA) is 21.3 Å². The fraction of sp³-hybridized carbons (Fsp3) is 0.333. The molecule has 0 aliphatic carbocycles. The maximum absolute atomic E-state index is 5.73. The van der Waals surface area contributed by atoms with E-state index in [0.29, 0.717) is 6.61 Å². The highest BCUT2D eigenvalue weighted by Gasteiger charge is 1.97. The Hall–Kier alpha value is -1.32. The van der Waals surface area contributed by atoms with Crippen molar-refractivity contribution in [2.24, 2.45) is 0 Å². The molecule has 0 bridgehead atoms. The van der Waals surface area contributed by atoms with E-state index in [1.165, 1.54) is 16.0 Å². The highest BCUT2D eigenvalue weighted by Crippen LogP contribution is 2.15. The van der Waals surface area contributed by atoms with Crippen LogP contribution in [-0.2, 0) is 6.54 Å². The Morgan fingerprint density at radius 3 is 2.61 bits per heavy atom. The van der Waals surface area contributed by atoms with Gasteiger partial charge in [-0.3, -0.25) is 0 Å². The van der Waals surface area contributed by atoms with Crippen LogP contribution in [0.1, 0.15) is 16.0 Å². The second kappa shape index (κ2) is 6.57. The largest absolute Gasteiger partial charge is 0.492 e. The molecule has 3 heteroatoms. The van der Waals surface area contributed by atoms with Crippen molar-refractivity contribution in [1.29, 1.82) is 0 Å². The number of rotatable bonds is 6. The predicted molar refractivity (Wildman–Crippen MR) is 77.4 cm³/mol. The third-order valence-electron chi connectivity index (χ3n) is 2.62. The molecular formula is C15H19NOS. The van der Waals surface area contributed by atoms with Crippen molar-refractivity contribution in [1.82, 2.24) is 5.32 Å². The Kier molecular flexibility index (Phi) is 4.79. The number of benzene rings is 1.